The zero-order chi connectivity index (χ0) is 17.6. The second kappa shape index (κ2) is 6.26. The Morgan fingerprint density at radius 2 is 1.84 bits per heavy atom. The van der Waals surface area contributed by atoms with Crippen LogP contribution in [0.4, 0.5) is 0 Å². The maximum Gasteiger partial charge on any atom is 0.186 e. The number of ketones is 1. The third-order valence-electron chi connectivity index (χ3n) is 4.87. The normalized spacial score (nSPS) is 18.1. The van der Waals surface area contributed by atoms with Gasteiger partial charge in [-0.25, -0.2) is 0 Å². The van der Waals surface area contributed by atoms with Gasteiger partial charge in [0.15, 0.2) is 5.78 Å². The van der Waals surface area contributed by atoms with Gasteiger partial charge in [0.1, 0.15) is 5.60 Å². The summed E-state index contributed by atoms with van der Waals surface area (Å²) in [5.74, 6) is -0.0379. The lowest BCUT2D eigenvalue weighted by atomic mass is 9.86. The standard InChI is InChI=1S/C20H17Cl2NO2/c1-12(14-6-16(21)8-17(22)7-14)4-19(24)13-2-3-18-15(5-13)9-25-20(18)10-23-11-20/h2-8,23H,9-11H2,1H3/b12-4-. The highest BCUT2D eigenvalue weighted by molar-refractivity contribution is 6.34. The fraction of sp³-hybridized carbons (Fsp3) is 0.250. The lowest BCUT2D eigenvalue weighted by Gasteiger charge is -2.39. The van der Waals surface area contributed by atoms with Crippen molar-refractivity contribution in [2.24, 2.45) is 0 Å². The van der Waals surface area contributed by atoms with Gasteiger partial charge in [0.05, 0.1) is 6.61 Å². The number of nitrogens with one attached hydrogen (secondary N) is 1. The Kier molecular flexibility index (Phi) is 4.20. The molecule has 1 saturated heterocycles. The average molecular weight is 374 g/mol. The molecule has 0 aliphatic carbocycles. The van der Waals surface area contributed by atoms with Crippen LogP contribution >= 0.6 is 23.2 Å². The van der Waals surface area contributed by atoms with Crippen LogP contribution in [-0.2, 0) is 16.9 Å². The Labute approximate surface area is 156 Å². The molecule has 1 fully saturated rings. The minimum Gasteiger partial charge on any atom is -0.363 e. The third-order valence-corrected chi connectivity index (χ3v) is 5.31. The van der Waals surface area contributed by atoms with Gasteiger partial charge >= 0.3 is 0 Å². The van der Waals surface area contributed by atoms with E-state index in [1.165, 1.54) is 5.56 Å². The van der Waals surface area contributed by atoms with E-state index in [9.17, 15) is 4.79 Å². The predicted octanol–water partition coefficient (Wildman–Crippen LogP) is 4.61. The van der Waals surface area contributed by atoms with E-state index in [1.807, 2.05) is 25.1 Å². The van der Waals surface area contributed by atoms with Gasteiger partial charge in [-0.15, -0.1) is 0 Å². The van der Waals surface area contributed by atoms with E-state index < -0.39 is 0 Å². The quantitative estimate of drug-likeness (QED) is 0.630. The molecular weight excluding hydrogens is 357 g/mol. The van der Waals surface area contributed by atoms with Gasteiger partial charge in [-0.2, -0.15) is 0 Å². The highest BCUT2D eigenvalue weighted by Crippen LogP contribution is 2.39. The van der Waals surface area contributed by atoms with E-state index in [2.05, 4.69) is 5.32 Å². The van der Waals surface area contributed by atoms with Crippen LogP contribution in [0, 0.1) is 0 Å². The van der Waals surface area contributed by atoms with Crippen LogP contribution < -0.4 is 5.32 Å². The van der Waals surface area contributed by atoms with Crippen molar-refractivity contribution in [2.45, 2.75) is 19.1 Å². The number of halogens is 2. The number of hydrogen-bond donors (Lipinski definition) is 1. The molecule has 0 unspecified atom stereocenters. The largest absolute Gasteiger partial charge is 0.363 e. The van der Waals surface area contributed by atoms with E-state index in [1.54, 1.807) is 24.3 Å². The molecule has 0 bridgehead atoms. The van der Waals surface area contributed by atoms with Crippen LogP contribution in [-0.4, -0.2) is 18.9 Å². The molecule has 5 heteroatoms. The molecule has 0 aromatic heterocycles. The van der Waals surface area contributed by atoms with Gasteiger partial charge in [0.2, 0.25) is 0 Å². The summed E-state index contributed by atoms with van der Waals surface area (Å²) in [4.78, 5) is 12.6. The highest BCUT2D eigenvalue weighted by atomic mass is 35.5. The molecule has 2 aliphatic rings. The predicted molar refractivity (Wildman–Crippen MR) is 100 cm³/mol. The summed E-state index contributed by atoms with van der Waals surface area (Å²) in [7, 11) is 0. The smallest absolute Gasteiger partial charge is 0.186 e. The average Bonchev–Trinajstić information content (AvgIpc) is 2.92. The minimum atomic E-state index is -0.180. The van der Waals surface area contributed by atoms with Crippen molar-refractivity contribution in [2.75, 3.05) is 13.1 Å². The maximum atomic E-state index is 12.6. The Morgan fingerprint density at radius 1 is 1.12 bits per heavy atom. The van der Waals surface area contributed by atoms with E-state index in [4.69, 9.17) is 27.9 Å². The van der Waals surface area contributed by atoms with E-state index >= 15 is 0 Å². The van der Waals surface area contributed by atoms with Crippen molar-refractivity contribution in [1.82, 2.24) is 5.32 Å². The summed E-state index contributed by atoms with van der Waals surface area (Å²) < 4.78 is 5.94. The zero-order valence-corrected chi connectivity index (χ0v) is 15.2. The lowest BCUT2D eigenvalue weighted by Crippen LogP contribution is -2.56. The van der Waals surface area contributed by atoms with E-state index in [0.29, 0.717) is 22.2 Å². The zero-order valence-electron chi connectivity index (χ0n) is 13.7. The lowest BCUT2D eigenvalue weighted by molar-refractivity contribution is -0.0746. The molecule has 3 nitrogen and oxygen atoms in total. The molecule has 0 amide bonds. The molecule has 2 aromatic rings. The Hall–Kier alpha value is -1.65. The number of ether oxygens (including phenoxy) is 1. The molecule has 1 N–H and O–H groups in total. The topological polar surface area (TPSA) is 38.3 Å². The monoisotopic (exact) mass is 373 g/mol. The summed E-state index contributed by atoms with van der Waals surface area (Å²) in [5, 5.41) is 4.36. The van der Waals surface area contributed by atoms with Crippen LogP contribution in [0.1, 0.15) is 34.0 Å². The number of fused-ring (bicyclic) bond motifs is 2. The van der Waals surface area contributed by atoms with Crippen molar-refractivity contribution in [3.63, 3.8) is 0 Å². The SMILES string of the molecule is C/C(=C/C(=O)c1ccc2c(c1)COC21CNC1)c1cc(Cl)cc(Cl)c1. The second-order valence-electron chi connectivity index (χ2n) is 6.61. The Bertz CT molecular complexity index is 880. The number of allylic oxidation sites excluding steroid dienone is 2. The van der Waals surface area contributed by atoms with Crippen molar-refractivity contribution >= 4 is 34.6 Å². The Balaban J connectivity index is 1.61. The fourth-order valence-corrected chi connectivity index (χ4v) is 3.92. The molecule has 25 heavy (non-hydrogen) atoms. The van der Waals surface area contributed by atoms with Crippen LogP contribution in [0.15, 0.2) is 42.5 Å². The number of carbonyl (C=O) groups is 1. The van der Waals surface area contributed by atoms with Crippen LogP contribution in [0.5, 0.6) is 0 Å². The molecular formula is C20H17Cl2NO2. The fourth-order valence-electron chi connectivity index (χ4n) is 3.39. The van der Waals surface area contributed by atoms with Gasteiger partial charge in [-0.3, -0.25) is 4.79 Å². The molecule has 4 rings (SSSR count). The van der Waals surface area contributed by atoms with Gasteiger partial charge in [-0.05, 0) is 59.5 Å². The van der Waals surface area contributed by atoms with Crippen molar-refractivity contribution in [3.05, 3.63) is 74.8 Å². The summed E-state index contributed by atoms with van der Waals surface area (Å²) in [6.45, 7) is 4.11. The van der Waals surface area contributed by atoms with Gasteiger partial charge in [0.25, 0.3) is 0 Å². The van der Waals surface area contributed by atoms with Gasteiger partial charge in [0, 0.05) is 28.7 Å². The molecule has 0 radical (unpaired) electrons. The van der Waals surface area contributed by atoms with Crippen molar-refractivity contribution in [3.8, 4) is 0 Å². The number of hydrogen-bond acceptors (Lipinski definition) is 3. The van der Waals surface area contributed by atoms with Crippen molar-refractivity contribution in [1.29, 1.82) is 0 Å². The molecule has 0 atom stereocenters. The van der Waals surface area contributed by atoms with Crippen molar-refractivity contribution < 1.29 is 9.53 Å². The highest BCUT2D eigenvalue weighted by Gasteiger charge is 2.45. The molecule has 0 saturated carbocycles. The summed E-state index contributed by atoms with van der Waals surface area (Å²) in [5.41, 5.74) is 4.45. The summed E-state index contributed by atoms with van der Waals surface area (Å²) in [6.07, 6.45) is 1.63. The first-order valence-electron chi connectivity index (χ1n) is 8.14. The summed E-state index contributed by atoms with van der Waals surface area (Å²) in [6, 6.07) is 11.1. The third kappa shape index (κ3) is 3.02. The van der Waals surface area contributed by atoms with Gasteiger partial charge < -0.3 is 10.1 Å². The van der Waals surface area contributed by atoms with E-state index in [-0.39, 0.29) is 11.4 Å². The number of carbonyl (C=O) groups excluding carboxylic acids is 1. The van der Waals surface area contributed by atoms with Crippen LogP contribution in [0.2, 0.25) is 10.0 Å². The first-order valence-corrected chi connectivity index (χ1v) is 8.90. The minimum absolute atomic E-state index is 0.0379. The molecule has 1 spiro atoms. The van der Waals surface area contributed by atoms with Crippen LogP contribution in [0.3, 0.4) is 0 Å². The molecule has 2 heterocycles. The maximum absolute atomic E-state index is 12.6. The molecule has 128 valence electrons. The van der Waals surface area contributed by atoms with Crippen LogP contribution in [0.25, 0.3) is 5.57 Å². The number of benzene rings is 2. The number of rotatable bonds is 3. The molecule has 2 aromatic carbocycles. The first kappa shape index (κ1) is 16.8. The first-order chi connectivity index (χ1) is 12.0. The second-order valence-corrected chi connectivity index (χ2v) is 7.48. The Morgan fingerprint density at radius 3 is 2.48 bits per heavy atom. The molecule has 2 aliphatic heterocycles. The van der Waals surface area contributed by atoms with E-state index in [0.717, 1.165) is 29.8 Å². The van der Waals surface area contributed by atoms with Gasteiger partial charge in [-0.1, -0.05) is 35.3 Å². The summed E-state index contributed by atoms with van der Waals surface area (Å²) >= 11 is 12.1.